The summed E-state index contributed by atoms with van der Waals surface area (Å²) >= 11 is 4.95. The number of thiocarbonyl (C=S) groups is 1. The monoisotopic (exact) mass is 180 g/mol. The van der Waals surface area contributed by atoms with E-state index >= 15 is 0 Å². The normalized spacial score (nSPS) is 9.50. The highest BCUT2D eigenvalue weighted by atomic mass is 32.1. The number of benzene rings is 1. The first-order chi connectivity index (χ1) is 5.72. The Morgan fingerprint density at radius 3 is 2.42 bits per heavy atom. The van der Waals surface area contributed by atoms with Crippen LogP contribution in [0.15, 0.2) is 24.3 Å². The van der Waals surface area contributed by atoms with E-state index in [1.165, 1.54) is 11.1 Å². The number of methoxy groups -OCH3 is 1. The third-order valence-corrected chi connectivity index (χ3v) is 2.01. The van der Waals surface area contributed by atoms with Crippen LogP contribution in [-0.2, 0) is 11.2 Å². The van der Waals surface area contributed by atoms with Crippen LogP contribution >= 0.6 is 12.2 Å². The lowest BCUT2D eigenvalue weighted by atomic mass is 10.1. The highest BCUT2D eigenvalue weighted by Gasteiger charge is 1.96. The van der Waals surface area contributed by atoms with E-state index in [-0.39, 0.29) is 0 Å². The zero-order valence-corrected chi connectivity index (χ0v) is 8.15. The minimum absolute atomic E-state index is 0.638. The SMILES string of the molecule is COC(=S)Cc1ccc(C)cc1. The highest BCUT2D eigenvalue weighted by molar-refractivity contribution is 7.80. The van der Waals surface area contributed by atoms with Crippen molar-refractivity contribution in [3.63, 3.8) is 0 Å². The van der Waals surface area contributed by atoms with Gasteiger partial charge in [-0.2, -0.15) is 0 Å². The number of aryl methyl sites for hydroxylation is 1. The summed E-state index contributed by atoms with van der Waals surface area (Å²) in [6.07, 6.45) is 0.728. The Morgan fingerprint density at radius 1 is 1.33 bits per heavy atom. The number of rotatable bonds is 2. The molecule has 0 heterocycles. The van der Waals surface area contributed by atoms with Crippen molar-refractivity contribution in [1.29, 1.82) is 0 Å². The van der Waals surface area contributed by atoms with Crippen LogP contribution in [0.2, 0.25) is 0 Å². The van der Waals surface area contributed by atoms with Gasteiger partial charge < -0.3 is 4.74 Å². The van der Waals surface area contributed by atoms with Crippen molar-refractivity contribution in [3.05, 3.63) is 35.4 Å². The van der Waals surface area contributed by atoms with Gasteiger partial charge in [0, 0.05) is 6.42 Å². The summed E-state index contributed by atoms with van der Waals surface area (Å²) in [5.41, 5.74) is 2.47. The lowest BCUT2D eigenvalue weighted by Crippen LogP contribution is -2.01. The minimum Gasteiger partial charge on any atom is -0.490 e. The first-order valence-corrected chi connectivity index (χ1v) is 4.25. The summed E-state index contributed by atoms with van der Waals surface area (Å²) in [7, 11) is 1.61. The Labute approximate surface area is 78.4 Å². The predicted molar refractivity (Wildman–Crippen MR) is 54.5 cm³/mol. The summed E-state index contributed by atoms with van der Waals surface area (Å²) < 4.78 is 4.92. The molecule has 0 fully saturated rings. The van der Waals surface area contributed by atoms with E-state index in [1.807, 2.05) is 0 Å². The fourth-order valence-corrected chi connectivity index (χ4v) is 1.11. The van der Waals surface area contributed by atoms with Crippen molar-refractivity contribution in [2.45, 2.75) is 13.3 Å². The van der Waals surface area contributed by atoms with E-state index in [2.05, 4.69) is 31.2 Å². The quantitative estimate of drug-likeness (QED) is 0.647. The van der Waals surface area contributed by atoms with E-state index in [9.17, 15) is 0 Å². The second-order valence-corrected chi connectivity index (χ2v) is 3.19. The van der Waals surface area contributed by atoms with Crippen molar-refractivity contribution >= 4 is 17.3 Å². The second-order valence-electron chi connectivity index (χ2n) is 2.74. The second kappa shape index (κ2) is 4.21. The summed E-state index contributed by atoms with van der Waals surface area (Å²) in [4.78, 5) is 0. The van der Waals surface area contributed by atoms with Crippen LogP contribution in [0.1, 0.15) is 11.1 Å². The molecule has 0 aliphatic rings. The molecular formula is C10H12OS. The van der Waals surface area contributed by atoms with Gasteiger partial charge in [-0.1, -0.05) is 29.8 Å². The maximum absolute atomic E-state index is 4.95. The molecule has 1 nitrogen and oxygen atoms in total. The van der Waals surface area contributed by atoms with E-state index in [1.54, 1.807) is 7.11 Å². The summed E-state index contributed by atoms with van der Waals surface area (Å²) in [5, 5.41) is 0.638. The molecule has 0 aromatic heterocycles. The van der Waals surface area contributed by atoms with Crippen molar-refractivity contribution in [3.8, 4) is 0 Å². The molecular weight excluding hydrogens is 168 g/mol. The number of ether oxygens (including phenoxy) is 1. The standard InChI is InChI=1S/C10H12OS/c1-8-3-5-9(6-4-8)7-10(12)11-2/h3-6H,7H2,1-2H3. The van der Waals surface area contributed by atoms with Gasteiger partial charge in [0.2, 0.25) is 0 Å². The summed E-state index contributed by atoms with van der Waals surface area (Å²) in [5.74, 6) is 0. The average Bonchev–Trinajstić information content (AvgIpc) is 2.09. The van der Waals surface area contributed by atoms with Gasteiger partial charge in [-0.3, -0.25) is 0 Å². The lowest BCUT2D eigenvalue weighted by Gasteiger charge is -2.02. The minimum atomic E-state index is 0.638. The number of hydrogen-bond acceptors (Lipinski definition) is 2. The average molecular weight is 180 g/mol. The van der Waals surface area contributed by atoms with Crippen LogP contribution in [0.4, 0.5) is 0 Å². The fourth-order valence-electron chi connectivity index (χ4n) is 0.945. The molecule has 0 saturated carbocycles. The third-order valence-electron chi connectivity index (χ3n) is 1.70. The summed E-state index contributed by atoms with van der Waals surface area (Å²) in [6.45, 7) is 2.07. The third kappa shape index (κ3) is 2.62. The van der Waals surface area contributed by atoms with Crippen LogP contribution in [-0.4, -0.2) is 12.2 Å². The van der Waals surface area contributed by atoms with E-state index in [0.29, 0.717) is 5.05 Å². The fraction of sp³-hybridized carbons (Fsp3) is 0.300. The molecule has 0 spiro atoms. The Morgan fingerprint density at radius 2 is 1.92 bits per heavy atom. The van der Waals surface area contributed by atoms with Crippen LogP contribution in [0.5, 0.6) is 0 Å². The Hall–Kier alpha value is -0.890. The zero-order valence-electron chi connectivity index (χ0n) is 7.33. The Balaban J connectivity index is 2.64. The van der Waals surface area contributed by atoms with Crippen LogP contribution in [0.25, 0.3) is 0 Å². The molecule has 0 unspecified atom stereocenters. The zero-order chi connectivity index (χ0) is 8.97. The number of hydrogen-bond donors (Lipinski definition) is 0. The molecule has 0 amide bonds. The van der Waals surface area contributed by atoms with Gasteiger partial charge in [0.25, 0.3) is 0 Å². The van der Waals surface area contributed by atoms with Gasteiger partial charge in [-0.15, -0.1) is 0 Å². The molecule has 64 valence electrons. The van der Waals surface area contributed by atoms with Crippen molar-refractivity contribution in [2.24, 2.45) is 0 Å². The molecule has 0 aliphatic carbocycles. The van der Waals surface area contributed by atoms with Crippen molar-refractivity contribution in [1.82, 2.24) is 0 Å². The maximum atomic E-state index is 4.95. The first kappa shape index (κ1) is 9.20. The molecule has 1 aromatic carbocycles. The van der Waals surface area contributed by atoms with Gasteiger partial charge in [-0.25, -0.2) is 0 Å². The largest absolute Gasteiger partial charge is 0.490 e. The lowest BCUT2D eigenvalue weighted by molar-refractivity contribution is 0.406. The molecule has 0 bridgehead atoms. The van der Waals surface area contributed by atoms with E-state index < -0.39 is 0 Å². The molecule has 2 heteroatoms. The predicted octanol–water partition coefficient (Wildman–Crippen LogP) is 2.51. The van der Waals surface area contributed by atoms with E-state index in [4.69, 9.17) is 17.0 Å². The van der Waals surface area contributed by atoms with Crippen molar-refractivity contribution < 1.29 is 4.74 Å². The van der Waals surface area contributed by atoms with Crippen LogP contribution in [0.3, 0.4) is 0 Å². The smallest absolute Gasteiger partial charge is 0.163 e. The van der Waals surface area contributed by atoms with Crippen LogP contribution in [0, 0.1) is 6.92 Å². The van der Waals surface area contributed by atoms with Gasteiger partial charge >= 0.3 is 0 Å². The topological polar surface area (TPSA) is 9.23 Å². The van der Waals surface area contributed by atoms with Crippen LogP contribution < -0.4 is 0 Å². The molecule has 0 radical (unpaired) electrons. The van der Waals surface area contributed by atoms with E-state index in [0.717, 1.165) is 6.42 Å². The molecule has 0 atom stereocenters. The Bertz CT molecular complexity index is 264. The molecule has 0 saturated heterocycles. The first-order valence-electron chi connectivity index (χ1n) is 3.84. The van der Waals surface area contributed by atoms with Gasteiger partial charge in [0.1, 0.15) is 0 Å². The van der Waals surface area contributed by atoms with Gasteiger partial charge in [-0.05, 0) is 24.7 Å². The summed E-state index contributed by atoms with van der Waals surface area (Å²) in [6, 6.07) is 8.29. The van der Waals surface area contributed by atoms with Crippen molar-refractivity contribution in [2.75, 3.05) is 7.11 Å². The molecule has 12 heavy (non-hydrogen) atoms. The Kier molecular flexibility index (Phi) is 3.23. The molecule has 0 aliphatic heterocycles. The highest BCUT2D eigenvalue weighted by Crippen LogP contribution is 2.04. The van der Waals surface area contributed by atoms with Gasteiger partial charge in [0.15, 0.2) is 5.05 Å². The van der Waals surface area contributed by atoms with Gasteiger partial charge in [0.05, 0.1) is 7.11 Å². The molecule has 1 rings (SSSR count). The maximum Gasteiger partial charge on any atom is 0.163 e. The molecule has 1 aromatic rings. The molecule has 0 N–H and O–H groups in total.